The highest BCUT2D eigenvalue weighted by Gasteiger charge is 2.56. The lowest BCUT2D eigenvalue weighted by Gasteiger charge is -2.32. The predicted molar refractivity (Wildman–Crippen MR) is 102 cm³/mol. The molecular formula is C19H18Cl2FN3O2. The summed E-state index contributed by atoms with van der Waals surface area (Å²) in [6.07, 6.45) is 1.70. The predicted octanol–water partition coefficient (Wildman–Crippen LogP) is 3.63. The summed E-state index contributed by atoms with van der Waals surface area (Å²) in [6.45, 7) is 0. The van der Waals surface area contributed by atoms with Gasteiger partial charge in [0.1, 0.15) is 0 Å². The van der Waals surface area contributed by atoms with E-state index in [2.05, 4.69) is 15.6 Å². The van der Waals surface area contributed by atoms with E-state index in [1.54, 1.807) is 24.3 Å². The molecule has 2 aliphatic rings. The third-order valence-corrected chi connectivity index (χ3v) is 6.09. The van der Waals surface area contributed by atoms with Gasteiger partial charge in [0.2, 0.25) is 11.9 Å². The van der Waals surface area contributed by atoms with Crippen molar-refractivity contribution in [2.24, 2.45) is 5.92 Å². The minimum Gasteiger partial charge on any atom is -0.372 e. The van der Waals surface area contributed by atoms with Crippen molar-refractivity contribution in [3.05, 3.63) is 58.1 Å². The lowest BCUT2D eigenvalue weighted by Crippen LogP contribution is -2.45. The van der Waals surface area contributed by atoms with Gasteiger partial charge < -0.3 is 15.4 Å². The first-order chi connectivity index (χ1) is 13.0. The molecule has 2 aromatic rings. The number of fused-ring (bicyclic) bond motifs is 2. The third-order valence-electron chi connectivity index (χ3n) is 5.35. The van der Waals surface area contributed by atoms with E-state index in [4.69, 9.17) is 27.9 Å². The van der Waals surface area contributed by atoms with Crippen LogP contribution in [0.3, 0.4) is 0 Å². The number of ether oxygens (including phenoxy) is 1. The molecule has 5 atom stereocenters. The summed E-state index contributed by atoms with van der Waals surface area (Å²) in [6, 6.07) is 8.16. The van der Waals surface area contributed by atoms with E-state index in [-0.39, 0.29) is 30.1 Å². The van der Waals surface area contributed by atoms with Crippen LogP contribution in [0, 0.1) is 11.9 Å². The number of benzene rings is 1. The van der Waals surface area contributed by atoms with Crippen molar-refractivity contribution in [3.63, 3.8) is 0 Å². The molecule has 4 rings (SSSR count). The Kier molecular flexibility index (Phi) is 5.07. The van der Waals surface area contributed by atoms with E-state index in [1.807, 2.05) is 7.05 Å². The van der Waals surface area contributed by atoms with Gasteiger partial charge in [-0.25, -0.2) is 4.98 Å². The topological polar surface area (TPSA) is 63.2 Å². The Hall–Kier alpha value is -1.73. The molecule has 27 heavy (non-hydrogen) atoms. The van der Waals surface area contributed by atoms with Crippen LogP contribution in [0.2, 0.25) is 10.0 Å². The molecule has 0 saturated carbocycles. The first kappa shape index (κ1) is 18.6. The summed E-state index contributed by atoms with van der Waals surface area (Å²) in [7, 11) is 1.86. The average molecular weight is 410 g/mol. The molecule has 0 unspecified atom stereocenters. The summed E-state index contributed by atoms with van der Waals surface area (Å²) >= 11 is 12.0. The van der Waals surface area contributed by atoms with Gasteiger partial charge in [-0.05, 0) is 49.4 Å². The van der Waals surface area contributed by atoms with Crippen LogP contribution in [-0.4, -0.2) is 36.2 Å². The number of nitrogens with zero attached hydrogens (tertiary/aromatic N) is 1. The quantitative estimate of drug-likeness (QED) is 0.756. The Bertz CT molecular complexity index is 882. The number of hydrogen-bond acceptors (Lipinski definition) is 4. The number of carbonyl (C=O) groups excluding carboxylic acids is 1. The molecule has 142 valence electrons. The average Bonchev–Trinajstić information content (AvgIpc) is 3.22. The highest BCUT2D eigenvalue weighted by Crippen LogP contribution is 2.49. The number of carbonyl (C=O) groups is 1. The van der Waals surface area contributed by atoms with E-state index in [1.165, 1.54) is 12.3 Å². The molecule has 2 fully saturated rings. The van der Waals surface area contributed by atoms with E-state index in [0.29, 0.717) is 21.3 Å². The molecule has 5 nitrogen and oxygen atoms in total. The number of likely N-dealkylation sites (N-methyl/N-ethyl adjacent to an activating group) is 1. The smallest absolute Gasteiger partial charge is 0.230 e. The maximum Gasteiger partial charge on any atom is 0.230 e. The van der Waals surface area contributed by atoms with Crippen LogP contribution < -0.4 is 10.6 Å². The lowest BCUT2D eigenvalue weighted by molar-refractivity contribution is -0.121. The molecule has 0 aliphatic carbocycles. The molecule has 1 amide bonds. The first-order valence-electron chi connectivity index (χ1n) is 8.68. The Balaban J connectivity index is 1.63. The van der Waals surface area contributed by atoms with Crippen molar-refractivity contribution in [3.8, 4) is 0 Å². The van der Waals surface area contributed by atoms with E-state index >= 15 is 0 Å². The van der Waals surface area contributed by atoms with Crippen molar-refractivity contribution >= 4 is 34.8 Å². The first-order valence-corrected chi connectivity index (χ1v) is 9.43. The fourth-order valence-electron chi connectivity index (χ4n) is 4.17. The van der Waals surface area contributed by atoms with Crippen molar-refractivity contribution in [2.45, 2.75) is 30.6 Å². The van der Waals surface area contributed by atoms with E-state index in [0.717, 1.165) is 6.42 Å². The highest BCUT2D eigenvalue weighted by molar-refractivity contribution is 6.42. The number of hydrogen-bond donors (Lipinski definition) is 2. The minimum absolute atomic E-state index is 0.116. The molecule has 2 N–H and O–H groups in total. The van der Waals surface area contributed by atoms with Gasteiger partial charge in [-0.1, -0.05) is 23.2 Å². The van der Waals surface area contributed by atoms with Crippen molar-refractivity contribution in [2.75, 3.05) is 12.4 Å². The maximum absolute atomic E-state index is 13.7. The molecule has 1 aromatic carbocycles. The number of pyridine rings is 1. The van der Waals surface area contributed by atoms with Gasteiger partial charge in [-0.2, -0.15) is 4.39 Å². The second-order valence-corrected chi connectivity index (χ2v) is 7.67. The molecule has 2 saturated heterocycles. The number of halogens is 3. The monoisotopic (exact) mass is 409 g/mol. The van der Waals surface area contributed by atoms with E-state index < -0.39 is 11.9 Å². The molecule has 0 spiro atoms. The molecule has 8 heteroatoms. The third kappa shape index (κ3) is 3.43. The zero-order chi connectivity index (χ0) is 19.1. The van der Waals surface area contributed by atoms with Crippen LogP contribution in [0.5, 0.6) is 0 Å². The van der Waals surface area contributed by atoms with Crippen LogP contribution in [0.15, 0.2) is 36.5 Å². The van der Waals surface area contributed by atoms with Crippen molar-refractivity contribution in [1.82, 2.24) is 10.3 Å². The Labute approximate surface area is 166 Å². The number of anilines is 1. The van der Waals surface area contributed by atoms with Gasteiger partial charge in [-0.15, -0.1) is 0 Å². The van der Waals surface area contributed by atoms with Crippen LogP contribution in [0.4, 0.5) is 10.1 Å². The second kappa shape index (κ2) is 7.36. The Morgan fingerprint density at radius 3 is 2.78 bits per heavy atom. The maximum atomic E-state index is 13.7. The van der Waals surface area contributed by atoms with Gasteiger partial charge in [0.25, 0.3) is 0 Å². The Morgan fingerprint density at radius 2 is 2.07 bits per heavy atom. The van der Waals surface area contributed by atoms with Gasteiger partial charge >= 0.3 is 0 Å². The van der Waals surface area contributed by atoms with Crippen LogP contribution in [-0.2, 0) is 9.53 Å². The van der Waals surface area contributed by atoms with Crippen LogP contribution in [0.25, 0.3) is 0 Å². The number of rotatable bonds is 4. The SMILES string of the molecule is CN[C@H]1C[C@H]2O[C@@H]1[C@H](c1ccnc(F)c1)[C@H]2C(=O)Nc1ccc(Cl)c(Cl)c1. The Morgan fingerprint density at radius 1 is 1.26 bits per heavy atom. The molecule has 0 radical (unpaired) electrons. The van der Waals surface area contributed by atoms with E-state index in [9.17, 15) is 9.18 Å². The lowest BCUT2D eigenvalue weighted by atomic mass is 9.73. The largest absolute Gasteiger partial charge is 0.372 e. The molecule has 2 bridgehead atoms. The number of amides is 1. The molecule has 3 heterocycles. The summed E-state index contributed by atoms with van der Waals surface area (Å²) in [5.74, 6) is -1.45. The summed E-state index contributed by atoms with van der Waals surface area (Å²) in [5, 5.41) is 6.91. The van der Waals surface area contributed by atoms with Gasteiger partial charge in [0.05, 0.1) is 28.2 Å². The highest BCUT2D eigenvalue weighted by atomic mass is 35.5. The normalized spacial score (nSPS) is 29.1. The molecule has 1 aromatic heterocycles. The second-order valence-electron chi connectivity index (χ2n) is 6.85. The zero-order valence-electron chi connectivity index (χ0n) is 14.5. The van der Waals surface area contributed by atoms with Crippen LogP contribution >= 0.6 is 23.2 Å². The van der Waals surface area contributed by atoms with Gasteiger partial charge in [0, 0.05) is 23.8 Å². The standard InChI is InChI=1S/C19H18Cl2FN3O2/c1-23-13-8-14-17(19(26)25-10-2-3-11(20)12(21)7-10)16(18(13)27-14)9-4-5-24-15(22)6-9/h2-7,13-14,16-18,23H,8H2,1H3,(H,25,26)/t13-,14+,16+,17-,18-/m0/s1. The minimum atomic E-state index is -0.570. The molecular weight excluding hydrogens is 392 g/mol. The number of aromatic nitrogens is 1. The van der Waals surface area contributed by atoms with Gasteiger partial charge in [-0.3, -0.25) is 4.79 Å². The van der Waals surface area contributed by atoms with Crippen LogP contribution in [0.1, 0.15) is 17.9 Å². The fraction of sp³-hybridized carbons (Fsp3) is 0.368. The summed E-state index contributed by atoms with van der Waals surface area (Å²) in [4.78, 5) is 16.7. The number of nitrogens with one attached hydrogen (secondary N) is 2. The summed E-state index contributed by atoms with van der Waals surface area (Å²) < 4.78 is 19.8. The van der Waals surface area contributed by atoms with Crippen molar-refractivity contribution < 1.29 is 13.9 Å². The summed E-state index contributed by atoms with van der Waals surface area (Å²) in [5.41, 5.74) is 1.27. The fourth-order valence-corrected chi connectivity index (χ4v) is 4.47. The van der Waals surface area contributed by atoms with Crippen molar-refractivity contribution in [1.29, 1.82) is 0 Å². The van der Waals surface area contributed by atoms with Gasteiger partial charge in [0.15, 0.2) is 0 Å². The zero-order valence-corrected chi connectivity index (χ0v) is 16.0. The molecule has 2 aliphatic heterocycles.